The molecule has 0 saturated carbocycles. The van der Waals surface area contributed by atoms with Crippen LogP contribution < -0.4 is 5.32 Å². The van der Waals surface area contributed by atoms with Crippen LogP contribution in [-0.4, -0.2) is 86.7 Å². The normalized spacial score (nSPS) is 26.3. The Labute approximate surface area is 244 Å². The average molecular weight is 570 g/mol. The average Bonchev–Trinajstić information content (AvgIpc) is 2.99. The van der Waals surface area contributed by atoms with Crippen LogP contribution in [0.2, 0.25) is 0 Å². The molecule has 0 radical (unpaired) electrons. The highest BCUT2D eigenvalue weighted by atomic mass is 16.4. The van der Waals surface area contributed by atoms with E-state index in [0.717, 1.165) is 16.7 Å². The fraction of sp³-hybridized carbons (Fsp3) is 0.344. The zero-order chi connectivity index (χ0) is 29.4. The monoisotopic (exact) mass is 569 g/mol. The maximum atomic E-state index is 14.0. The number of hydrazine groups is 1. The Hall–Kier alpha value is -4.09. The summed E-state index contributed by atoms with van der Waals surface area (Å²) in [6.07, 6.45) is -1.00. The molecule has 2 unspecified atom stereocenters. The van der Waals surface area contributed by atoms with Crippen molar-refractivity contribution in [3.8, 4) is 0 Å². The van der Waals surface area contributed by atoms with Crippen molar-refractivity contribution in [1.82, 2.24) is 25.1 Å². The molecule has 3 heterocycles. The van der Waals surface area contributed by atoms with Gasteiger partial charge in [0, 0.05) is 38.0 Å². The summed E-state index contributed by atoms with van der Waals surface area (Å²) in [6, 6.07) is 26.4. The Kier molecular flexibility index (Phi) is 7.54. The predicted octanol–water partition coefficient (Wildman–Crippen LogP) is 2.12. The van der Waals surface area contributed by atoms with E-state index in [4.69, 9.17) is 0 Å². The van der Waals surface area contributed by atoms with Gasteiger partial charge in [-0.05, 0) is 29.2 Å². The second-order valence-electron chi connectivity index (χ2n) is 11.2. The van der Waals surface area contributed by atoms with Gasteiger partial charge in [0.2, 0.25) is 17.7 Å². The molecule has 6 rings (SSSR count). The summed E-state index contributed by atoms with van der Waals surface area (Å²) in [6.45, 7) is 0.762. The lowest BCUT2D eigenvalue weighted by atomic mass is 9.87. The first-order valence-corrected chi connectivity index (χ1v) is 14.2. The number of carbonyl (C=O) groups excluding carboxylic acids is 2. The SMILES string of the molecule is CN1CC(=O)N2[C@@H](CCC(=O)O)C(=O)N3CC(c4ccccc4)c4cccc(c4)C(O)(NCc4ccccc4)N1[C@H]2C3. The number of rotatable bonds is 7. The van der Waals surface area contributed by atoms with Crippen molar-refractivity contribution in [2.24, 2.45) is 0 Å². The number of hydrogen-bond donors (Lipinski definition) is 3. The van der Waals surface area contributed by atoms with E-state index in [1.807, 2.05) is 84.9 Å². The van der Waals surface area contributed by atoms with Gasteiger partial charge < -0.3 is 20.0 Å². The molecule has 2 fully saturated rings. The highest BCUT2D eigenvalue weighted by Crippen LogP contribution is 2.39. The van der Waals surface area contributed by atoms with Gasteiger partial charge in [0.05, 0.1) is 13.1 Å². The molecular weight excluding hydrogens is 534 g/mol. The number of nitrogens with zero attached hydrogens (tertiary/aromatic N) is 4. The molecule has 3 N–H and O–H groups in total. The number of aliphatic hydroxyl groups is 1. The molecule has 0 spiro atoms. The lowest BCUT2D eigenvalue weighted by molar-refractivity contribution is -0.294. The molecule has 2 amide bonds. The minimum atomic E-state index is -1.77. The highest BCUT2D eigenvalue weighted by molar-refractivity contribution is 5.90. The number of carboxylic acid groups (broad SMARTS) is 1. The van der Waals surface area contributed by atoms with Crippen LogP contribution in [0.4, 0.5) is 0 Å². The first-order valence-electron chi connectivity index (χ1n) is 14.2. The van der Waals surface area contributed by atoms with Gasteiger partial charge in [0.15, 0.2) is 0 Å². The first kappa shape index (κ1) is 28.0. The van der Waals surface area contributed by atoms with Crippen LogP contribution in [0.15, 0.2) is 84.9 Å². The predicted molar refractivity (Wildman–Crippen MR) is 154 cm³/mol. The maximum Gasteiger partial charge on any atom is 0.303 e. The van der Waals surface area contributed by atoms with E-state index < -0.39 is 24.0 Å². The fourth-order valence-corrected chi connectivity index (χ4v) is 6.60. The van der Waals surface area contributed by atoms with Gasteiger partial charge in [-0.25, -0.2) is 5.01 Å². The Bertz CT molecular complexity index is 1470. The molecule has 2 saturated heterocycles. The number of likely N-dealkylation sites (N-methyl/N-ethyl adjacent to an activating group) is 1. The van der Waals surface area contributed by atoms with Crippen molar-refractivity contribution in [3.63, 3.8) is 0 Å². The van der Waals surface area contributed by atoms with Crippen molar-refractivity contribution < 1.29 is 24.6 Å². The van der Waals surface area contributed by atoms with Crippen molar-refractivity contribution in [3.05, 3.63) is 107 Å². The molecule has 10 nitrogen and oxygen atoms in total. The highest BCUT2D eigenvalue weighted by Gasteiger charge is 2.55. The Morgan fingerprint density at radius 1 is 0.952 bits per heavy atom. The second kappa shape index (κ2) is 11.3. The van der Waals surface area contributed by atoms with Crippen molar-refractivity contribution in [2.75, 3.05) is 26.7 Å². The standard InChI is InChI=1S/C32H35N5O5/c1-34-21-29(38)36-27(15-16-30(39)40)31(41)35-19-26(23-11-6-3-7-12-23)24-13-8-14-25(17-24)32(42,37(34)28(36)20-35)33-18-22-9-4-2-5-10-22/h2-14,17,26-28,33,42H,15-16,18-21H2,1H3,(H,39,40)/t26?,27-,28-,32?/m0/s1. The van der Waals surface area contributed by atoms with E-state index in [-0.39, 0.29) is 43.7 Å². The number of benzene rings is 3. The minimum Gasteiger partial charge on any atom is -0.481 e. The zero-order valence-electron chi connectivity index (χ0n) is 23.5. The van der Waals surface area contributed by atoms with Crippen LogP contribution in [0.25, 0.3) is 0 Å². The van der Waals surface area contributed by atoms with Crippen LogP contribution in [0.1, 0.15) is 41.0 Å². The number of aliphatic carboxylic acids is 1. The summed E-state index contributed by atoms with van der Waals surface area (Å²) in [4.78, 5) is 42.4. The quantitative estimate of drug-likeness (QED) is 0.371. The van der Waals surface area contributed by atoms with E-state index in [0.29, 0.717) is 18.7 Å². The van der Waals surface area contributed by atoms with Crippen LogP contribution >= 0.6 is 0 Å². The third-order valence-corrected chi connectivity index (χ3v) is 8.58. The fourth-order valence-electron chi connectivity index (χ4n) is 6.60. The Morgan fingerprint density at radius 3 is 2.36 bits per heavy atom. The van der Waals surface area contributed by atoms with E-state index >= 15 is 0 Å². The van der Waals surface area contributed by atoms with Crippen LogP contribution in [0, 0.1) is 0 Å². The smallest absolute Gasteiger partial charge is 0.303 e. The number of carbonyl (C=O) groups is 3. The molecule has 3 aromatic rings. The van der Waals surface area contributed by atoms with E-state index in [9.17, 15) is 24.6 Å². The van der Waals surface area contributed by atoms with Crippen molar-refractivity contribution >= 4 is 17.8 Å². The zero-order valence-corrected chi connectivity index (χ0v) is 23.5. The third kappa shape index (κ3) is 5.07. The van der Waals surface area contributed by atoms with Gasteiger partial charge in [-0.3, -0.25) is 19.7 Å². The number of nitrogens with one attached hydrogen (secondary N) is 1. The summed E-state index contributed by atoms with van der Waals surface area (Å²) in [7, 11) is 1.75. The number of carboxylic acids is 1. The first-order chi connectivity index (χ1) is 20.3. The Balaban J connectivity index is 1.52. The topological polar surface area (TPSA) is 117 Å². The van der Waals surface area contributed by atoms with Gasteiger partial charge in [0.25, 0.3) is 0 Å². The summed E-state index contributed by atoms with van der Waals surface area (Å²) in [5.74, 6) is -3.56. The molecule has 3 aromatic carbocycles. The lowest BCUT2D eigenvalue weighted by Gasteiger charge is -2.59. The van der Waals surface area contributed by atoms with Crippen LogP contribution in [0.3, 0.4) is 0 Å². The molecule has 42 heavy (non-hydrogen) atoms. The molecule has 3 aliphatic heterocycles. The number of piperazine rings is 1. The van der Waals surface area contributed by atoms with Gasteiger partial charge in [-0.15, -0.1) is 0 Å². The Morgan fingerprint density at radius 2 is 1.64 bits per heavy atom. The molecular formula is C32H35N5O5. The van der Waals surface area contributed by atoms with Gasteiger partial charge in [0.1, 0.15) is 12.2 Å². The summed E-state index contributed by atoms with van der Waals surface area (Å²) < 4.78 is 0. The number of amides is 2. The molecule has 4 bridgehead atoms. The third-order valence-electron chi connectivity index (χ3n) is 8.58. The van der Waals surface area contributed by atoms with E-state index in [2.05, 4.69) is 5.32 Å². The van der Waals surface area contributed by atoms with Crippen molar-refractivity contribution in [2.45, 2.75) is 43.4 Å². The summed E-state index contributed by atoms with van der Waals surface area (Å²) in [5.41, 5.74) is 3.52. The van der Waals surface area contributed by atoms with Gasteiger partial charge in [-0.1, -0.05) is 78.9 Å². The van der Waals surface area contributed by atoms with Crippen molar-refractivity contribution in [1.29, 1.82) is 0 Å². The number of fused-ring (bicyclic) bond motifs is 3. The molecule has 0 aromatic heterocycles. The van der Waals surface area contributed by atoms with Crippen LogP contribution in [-0.2, 0) is 26.8 Å². The molecule has 218 valence electrons. The van der Waals surface area contributed by atoms with E-state index in [1.165, 1.54) is 4.90 Å². The lowest BCUT2D eigenvalue weighted by Crippen LogP contribution is -2.79. The van der Waals surface area contributed by atoms with Gasteiger partial charge in [-0.2, -0.15) is 5.01 Å². The molecule has 4 atom stereocenters. The molecule has 0 aliphatic carbocycles. The van der Waals surface area contributed by atoms with E-state index in [1.54, 1.807) is 22.0 Å². The van der Waals surface area contributed by atoms with Gasteiger partial charge >= 0.3 is 5.97 Å². The summed E-state index contributed by atoms with van der Waals surface area (Å²) >= 11 is 0. The minimum absolute atomic E-state index is 0.0123. The second-order valence-corrected chi connectivity index (χ2v) is 11.2. The van der Waals surface area contributed by atoms with Crippen LogP contribution in [0.5, 0.6) is 0 Å². The number of hydrogen-bond acceptors (Lipinski definition) is 7. The largest absolute Gasteiger partial charge is 0.481 e. The molecule has 3 aliphatic rings. The maximum absolute atomic E-state index is 14.0. The molecule has 10 heteroatoms. The summed E-state index contributed by atoms with van der Waals surface area (Å²) in [5, 5.41) is 29.1.